The van der Waals surface area contributed by atoms with E-state index in [-0.39, 0.29) is 0 Å². The van der Waals surface area contributed by atoms with Crippen molar-refractivity contribution in [3.8, 4) is 5.75 Å². The van der Waals surface area contributed by atoms with Crippen LogP contribution in [0.4, 0.5) is 28.4 Å². The molecule has 0 fully saturated rings. The lowest BCUT2D eigenvalue weighted by molar-refractivity contribution is -0.138. The summed E-state index contributed by atoms with van der Waals surface area (Å²) in [7, 11) is 0. The van der Waals surface area contributed by atoms with Gasteiger partial charge in [0.15, 0.2) is 5.60 Å². The van der Waals surface area contributed by atoms with Gasteiger partial charge in [-0.1, -0.05) is 119 Å². The van der Waals surface area contributed by atoms with Crippen LogP contribution in [0.1, 0.15) is 66.6 Å². The number of hydrogen-bond donors (Lipinski definition) is 0. The molecule has 1 unspecified atom stereocenters. The zero-order valence-corrected chi connectivity index (χ0v) is 35.0. The number of anilines is 5. The topological polar surface area (TPSA) is 42.0 Å². The van der Waals surface area contributed by atoms with Crippen molar-refractivity contribution in [2.75, 3.05) is 16.3 Å². The van der Waals surface area contributed by atoms with E-state index in [0.717, 1.165) is 70.8 Å². The van der Waals surface area contributed by atoms with Crippen molar-refractivity contribution in [3.63, 3.8) is 0 Å². The fourth-order valence-corrected chi connectivity index (χ4v) is 8.06. The van der Waals surface area contributed by atoms with E-state index in [1.807, 2.05) is 49.4 Å². The molecule has 6 aromatic rings. The van der Waals surface area contributed by atoms with Crippen LogP contribution in [0.2, 0.25) is 0 Å². The number of carbonyl (C=O) groups is 1. The first kappa shape index (κ1) is 40.6. The molecular formula is C54H54N2O3. The Labute approximate surface area is 350 Å². The predicted octanol–water partition coefficient (Wildman–Crippen LogP) is 13.4. The average Bonchev–Trinajstić information content (AvgIpc) is 3.29. The van der Waals surface area contributed by atoms with Gasteiger partial charge in [0.2, 0.25) is 0 Å². The average molecular weight is 779 g/mol. The standard InChI is InChI=1S/C54H54N2O3/c1-7-40-18-26-44(27-19-40)55(45-28-20-41(8-2)21-29-45)36-14-17-50-52(11-5)59-53-37-48(34-35-51(53)54(50,58-38-57)49-16-13-12-15-39(49)6)56(46-30-22-42(9-3)23-31-46)47-32-24-43(10-4)25-33-47/h11-35,37-38H,5,7-10,36H2,1-4,6H3/b17-14-. The summed E-state index contributed by atoms with van der Waals surface area (Å²) in [6.45, 7) is 16.0. The molecule has 0 amide bonds. The Kier molecular flexibility index (Phi) is 12.6. The van der Waals surface area contributed by atoms with Gasteiger partial charge in [0, 0.05) is 57.7 Å². The predicted molar refractivity (Wildman–Crippen MR) is 245 cm³/mol. The molecular weight excluding hydrogens is 725 g/mol. The molecule has 1 heterocycles. The Bertz CT molecular complexity index is 2350. The summed E-state index contributed by atoms with van der Waals surface area (Å²) in [6, 6.07) is 49.1. The number of rotatable bonds is 16. The molecule has 0 saturated carbocycles. The zero-order valence-electron chi connectivity index (χ0n) is 35.0. The molecule has 0 aliphatic carbocycles. The van der Waals surface area contributed by atoms with Gasteiger partial charge in [-0.15, -0.1) is 0 Å². The van der Waals surface area contributed by atoms with Gasteiger partial charge < -0.3 is 19.3 Å². The van der Waals surface area contributed by atoms with Crippen LogP contribution in [0.25, 0.3) is 0 Å². The first-order valence-electron chi connectivity index (χ1n) is 20.8. The van der Waals surface area contributed by atoms with Crippen LogP contribution in [0.15, 0.2) is 176 Å². The monoisotopic (exact) mass is 778 g/mol. The van der Waals surface area contributed by atoms with Crippen molar-refractivity contribution in [3.05, 3.63) is 215 Å². The van der Waals surface area contributed by atoms with Gasteiger partial charge in [0.25, 0.3) is 6.47 Å². The van der Waals surface area contributed by atoms with E-state index in [1.165, 1.54) is 22.3 Å². The highest BCUT2D eigenvalue weighted by atomic mass is 16.5. The minimum Gasteiger partial charge on any atom is -0.456 e. The third kappa shape index (κ3) is 8.24. The summed E-state index contributed by atoms with van der Waals surface area (Å²) in [5.41, 5.74) is 12.1. The molecule has 0 bridgehead atoms. The van der Waals surface area contributed by atoms with Gasteiger partial charge in [-0.2, -0.15) is 0 Å². The molecule has 0 radical (unpaired) electrons. The maximum Gasteiger partial charge on any atom is 0.294 e. The Balaban J connectivity index is 1.37. The number of fused-ring (bicyclic) bond motifs is 1. The van der Waals surface area contributed by atoms with E-state index < -0.39 is 5.60 Å². The summed E-state index contributed by atoms with van der Waals surface area (Å²) < 4.78 is 13.3. The molecule has 0 N–H and O–H groups in total. The zero-order chi connectivity index (χ0) is 41.4. The number of hydrogen-bond acceptors (Lipinski definition) is 5. The van der Waals surface area contributed by atoms with Crippen LogP contribution in [-0.2, 0) is 40.8 Å². The highest BCUT2D eigenvalue weighted by Gasteiger charge is 2.47. The van der Waals surface area contributed by atoms with Gasteiger partial charge in [-0.05, 0) is 127 Å². The third-order valence-corrected chi connectivity index (χ3v) is 11.5. The summed E-state index contributed by atoms with van der Waals surface area (Å²) in [5.74, 6) is 1.09. The molecule has 6 aromatic carbocycles. The maximum atomic E-state index is 12.9. The normalized spacial score (nSPS) is 14.7. The van der Waals surface area contributed by atoms with Crippen molar-refractivity contribution in [2.45, 2.75) is 65.9 Å². The summed E-state index contributed by atoms with van der Waals surface area (Å²) in [5, 5.41) is 0. The SMILES string of the molecule is C=CC1=C(/C=C\CN(c2ccc(CC)cc2)c2ccc(CC)cc2)C(OC=O)(c2ccccc2C)c2ccc(N(c3ccc(CC)cc3)c3ccc(CC)cc3)cc2O1. The number of allylic oxidation sites excluding steroid dienone is 1. The number of benzene rings is 6. The van der Waals surface area contributed by atoms with Crippen LogP contribution in [0, 0.1) is 6.92 Å². The lowest BCUT2D eigenvalue weighted by Crippen LogP contribution is -2.38. The molecule has 0 saturated heterocycles. The second kappa shape index (κ2) is 18.3. The minimum atomic E-state index is -1.34. The fraction of sp³-hybridized carbons (Fsp3) is 0.204. The van der Waals surface area contributed by atoms with Crippen LogP contribution in [0.5, 0.6) is 5.75 Å². The lowest BCUT2D eigenvalue weighted by atomic mass is 9.75. The Morgan fingerprint density at radius 3 is 1.54 bits per heavy atom. The van der Waals surface area contributed by atoms with E-state index in [4.69, 9.17) is 9.47 Å². The highest BCUT2D eigenvalue weighted by Crippen LogP contribution is 2.52. The molecule has 7 rings (SSSR count). The molecule has 5 heteroatoms. The van der Waals surface area contributed by atoms with Gasteiger partial charge in [0.1, 0.15) is 11.5 Å². The number of ether oxygens (including phenoxy) is 2. The third-order valence-electron chi connectivity index (χ3n) is 11.5. The number of carbonyl (C=O) groups excluding carboxylic acids is 1. The van der Waals surface area contributed by atoms with E-state index >= 15 is 0 Å². The summed E-state index contributed by atoms with van der Waals surface area (Å²) >= 11 is 0. The lowest BCUT2D eigenvalue weighted by Gasteiger charge is -2.40. The van der Waals surface area contributed by atoms with Crippen molar-refractivity contribution < 1.29 is 14.3 Å². The van der Waals surface area contributed by atoms with Crippen LogP contribution in [-0.4, -0.2) is 13.0 Å². The van der Waals surface area contributed by atoms with Gasteiger partial charge in [-0.3, -0.25) is 4.79 Å². The molecule has 1 atom stereocenters. The molecule has 298 valence electrons. The van der Waals surface area contributed by atoms with Gasteiger partial charge in [0.05, 0.1) is 0 Å². The minimum absolute atomic E-state index is 0.508. The Morgan fingerprint density at radius 1 is 0.610 bits per heavy atom. The highest BCUT2D eigenvalue weighted by molar-refractivity contribution is 5.79. The van der Waals surface area contributed by atoms with Crippen molar-refractivity contribution in [1.82, 2.24) is 0 Å². The van der Waals surface area contributed by atoms with E-state index in [9.17, 15) is 4.79 Å². The second-order valence-electron chi connectivity index (χ2n) is 14.9. The number of aryl methyl sites for hydroxylation is 5. The quantitative estimate of drug-likeness (QED) is 0.0916. The molecule has 0 spiro atoms. The van der Waals surface area contributed by atoms with Crippen LogP contribution in [0.3, 0.4) is 0 Å². The number of nitrogens with zero attached hydrogens (tertiary/aromatic N) is 2. The second-order valence-corrected chi connectivity index (χ2v) is 14.9. The molecule has 1 aliphatic rings. The van der Waals surface area contributed by atoms with Gasteiger partial charge in [-0.25, -0.2) is 0 Å². The van der Waals surface area contributed by atoms with Crippen molar-refractivity contribution in [2.24, 2.45) is 0 Å². The molecule has 0 aromatic heterocycles. The summed E-state index contributed by atoms with van der Waals surface area (Å²) in [4.78, 5) is 17.4. The fourth-order valence-electron chi connectivity index (χ4n) is 8.06. The summed E-state index contributed by atoms with van der Waals surface area (Å²) in [6.07, 6.45) is 9.73. The first-order valence-corrected chi connectivity index (χ1v) is 20.8. The Morgan fingerprint density at radius 2 is 1.08 bits per heavy atom. The van der Waals surface area contributed by atoms with Crippen molar-refractivity contribution >= 4 is 34.9 Å². The Hall–Kier alpha value is -6.59. The van der Waals surface area contributed by atoms with Gasteiger partial charge >= 0.3 is 0 Å². The van der Waals surface area contributed by atoms with E-state index in [2.05, 4.69) is 153 Å². The van der Waals surface area contributed by atoms with E-state index in [1.54, 1.807) is 6.08 Å². The molecule has 5 nitrogen and oxygen atoms in total. The largest absolute Gasteiger partial charge is 0.456 e. The maximum absolute atomic E-state index is 12.9. The molecule has 1 aliphatic heterocycles. The smallest absolute Gasteiger partial charge is 0.294 e. The molecule has 59 heavy (non-hydrogen) atoms. The van der Waals surface area contributed by atoms with Crippen LogP contribution < -0.4 is 14.5 Å². The van der Waals surface area contributed by atoms with E-state index in [0.29, 0.717) is 30.1 Å². The van der Waals surface area contributed by atoms with Crippen LogP contribution >= 0.6 is 0 Å². The van der Waals surface area contributed by atoms with Crippen molar-refractivity contribution in [1.29, 1.82) is 0 Å². The first-order chi connectivity index (χ1) is 28.9.